The molecular formula is C17H34N. The van der Waals surface area contributed by atoms with Gasteiger partial charge in [0.2, 0.25) is 0 Å². The zero-order chi connectivity index (χ0) is 13.1. The molecule has 0 aromatic heterocycles. The molecule has 1 aliphatic carbocycles. The number of hydrogen-bond donors (Lipinski definition) is 0. The van der Waals surface area contributed by atoms with E-state index in [0.29, 0.717) is 5.54 Å². The van der Waals surface area contributed by atoms with Crippen LogP contribution >= 0.6 is 0 Å². The fourth-order valence-corrected chi connectivity index (χ4v) is 2.98. The molecule has 0 unspecified atom stereocenters. The van der Waals surface area contributed by atoms with Crippen LogP contribution in [0.2, 0.25) is 0 Å². The molecule has 1 heteroatoms. The maximum atomic E-state index is 5.06. The molecular weight excluding hydrogens is 218 g/mol. The monoisotopic (exact) mass is 252 g/mol. The first-order valence-electron chi connectivity index (χ1n) is 8.51. The van der Waals surface area contributed by atoms with Crippen molar-refractivity contribution in [3.63, 3.8) is 0 Å². The zero-order valence-corrected chi connectivity index (χ0v) is 12.8. The van der Waals surface area contributed by atoms with Crippen molar-refractivity contribution in [3.8, 4) is 0 Å². The van der Waals surface area contributed by atoms with Crippen LogP contribution in [0.25, 0.3) is 0 Å². The topological polar surface area (TPSA) is 14.1 Å². The minimum absolute atomic E-state index is 0.443. The lowest BCUT2D eigenvalue weighted by molar-refractivity contribution is 0.159. The molecule has 1 aliphatic rings. The maximum absolute atomic E-state index is 5.06. The number of nitrogens with zero attached hydrogens (tertiary/aromatic N) is 1. The SMILES string of the molecule is CCCCCCC[N]C1(CCCCCC)CCC1. The van der Waals surface area contributed by atoms with E-state index in [1.54, 1.807) is 0 Å². The summed E-state index contributed by atoms with van der Waals surface area (Å²) in [6, 6.07) is 0. The molecule has 0 bridgehead atoms. The second-order valence-electron chi connectivity index (χ2n) is 6.18. The minimum atomic E-state index is 0.443. The van der Waals surface area contributed by atoms with E-state index in [1.165, 1.54) is 83.5 Å². The van der Waals surface area contributed by atoms with Crippen molar-refractivity contribution < 1.29 is 0 Å². The van der Waals surface area contributed by atoms with Crippen LogP contribution < -0.4 is 5.32 Å². The summed E-state index contributed by atoms with van der Waals surface area (Å²) in [6.45, 7) is 5.71. The van der Waals surface area contributed by atoms with Crippen molar-refractivity contribution in [1.82, 2.24) is 5.32 Å². The molecule has 0 saturated heterocycles. The van der Waals surface area contributed by atoms with E-state index < -0.39 is 0 Å². The quantitative estimate of drug-likeness (QED) is 0.410. The summed E-state index contributed by atoms with van der Waals surface area (Å²) < 4.78 is 0. The third-order valence-electron chi connectivity index (χ3n) is 4.49. The molecule has 0 aromatic rings. The Kier molecular flexibility index (Phi) is 8.75. The highest BCUT2D eigenvalue weighted by atomic mass is 15.0. The standard InChI is InChI=1S/C17H34N/c1-3-5-7-9-11-16-18-17(14-12-15-17)13-10-8-6-4-2/h3-16H2,1-2H3. The summed E-state index contributed by atoms with van der Waals surface area (Å²) in [6.07, 6.45) is 18.0. The van der Waals surface area contributed by atoms with Crippen molar-refractivity contribution in [2.45, 2.75) is 103 Å². The molecule has 1 radical (unpaired) electrons. The summed E-state index contributed by atoms with van der Waals surface area (Å²) in [7, 11) is 0. The highest BCUT2D eigenvalue weighted by Crippen LogP contribution is 2.37. The Hall–Kier alpha value is -0.0400. The molecule has 1 nitrogen and oxygen atoms in total. The first kappa shape index (κ1) is 16.0. The normalized spacial score (nSPS) is 17.7. The predicted molar refractivity (Wildman–Crippen MR) is 81.1 cm³/mol. The van der Waals surface area contributed by atoms with E-state index in [-0.39, 0.29) is 0 Å². The van der Waals surface area contributed by atoms with Crippen molar-refractivity contribution >= 4 is 0 Å². The number of rotatable bonds is 12. The van der Waals surface area contributed by atoms with Crippen LogP contribution in [0.5, 0.6) is 0 Å². The van der Waals surface area contributed by atoms with Crippen LogP contribution in [0.4, 0.5) is 0 Å². The Morgan fingerprint density at radius 1 is 0.778 bits per heavy atom. The van der Waals surface area contributed by atoms with Crippen molar-refractivity contribution in [3.05, 3.63) is 0 Å². The van der Waals surface area contributed by atoms with Gasteiger partial charge in [0, 0.05) is 12.1 Å². The van der Waals surface area contributed by atoms with Crippen LogP contribution in [0.15, 0.2) is 0 Å². The Balaban J connectivity index is 2.01. The van der Waals surface area contributed by atoms with Gasteiger partial charge in [0.05, 0.1) is 0 Å². The molecule has 0 spiro atoms. The van der Waals surface area contributed by atoms with Crippen molar-refractivity contribution in [1.29, 1.82) is 0 Å². The van der Waals surface area contributed by atoms with Crippen LogP contribution in [0, 0.1) is 0 Å². The lowest BCUT2D eigenvalue weighted by Crippen LogP contribution is -2.46. The van der Waals surface area contributed by atoms with Gasteiger partial charge in [0.25, 0.3) is 0 Å². The van der Waals surface area contributed by atoms with Crippen molar-refractivity contribution in [2.75, 3.05) is 6.54 Å². The molecule has 107 valence electrons. The summed E-state index contributed by atoms with van der Waals surface area (Å²) >= 11 is 0. The minimum Gasteiger partial charge on any atom is -0.235 e. The van der Waals surface area contributed by atoms with Gasteiger partial charge in [-0.1, -0.05) is 65.2 Å². The summed E-state index contributed by atoms with van der Waals surface area (Å²) in [5.74, 6) is 0. The smallest absolute Gasteiger partial charge is 0.0356 e. The lowest BCUT2D eigenvalue weighted by Gasteiger charge is -2.41. The van der Waals surface area contributed by atoms with Gasteiger partial charge >= 0.3 is 0 Å². The van der Waals surface area contributed by atoms with Crippen LogP contribution in [-0.4, -0.2) is 12.1 Å². The average Bonchev–Trinajstić information content (AvgIpc) is 2.34. The summed E-state index contributed by atoms with van der Waals surface area (Å²) in [4.78, 5) is 0. The molecule has 0 atom stereocenters. The van der Waals surface area contributed by atoms with E-state index >= 15 is 0 Å². The third-order valence-corrected chi connectivity index (χ3v) is 4.49. The number of hydrogen-bond acceptors (Lipinski definition) is 0. The van der Waals surface area contributed by atoms with Gasteiger partial charge in [0.15, 0.2) is 0 Å². The molecule has 0 heterocycles. The van der Waals surface area contributed by atoms with Gasteiger partial charge in [-0.2, -0.15) is 0 Å². The molecule has 0 aliphatic heterocycles. The van der Waals surface area contributed by atoms with E-state index in [1.807, 2.05) is 0 Å². The highest BCUT2D eigenvalue weighted by molar-refractivity contribution is 4.95. The fourth-order valence-electron chi connectivity index (χ4n) is 2.98. The molecule has 0 aromatic carbocycles. The van der Waals surface area contributed by atoms with Crippen LogP contribution in [-0.2, 0) is 0 Å². The lowest BCUT2D eigenvalue weighted by atomic mass is 9.73. The van der Waals surface area contributed by atoms with Gasteiger partial charge in [-0.25, -0.2) is 5.32 Å². The Labute approximate surface area is 115 Å². The van der Waals surface area contributed by atoms with Gasteiger partial charge in [-0.05, 0) is 32.1 Å². The fraction of sp³-hybridized carbons (Fsp3) is 1.00. The van der Waals surface area contributed by atoms with Crippen LogP contribution in [0.1, 0.15) is 97.3 Å². The predicted octanol–water partition coefficient (Wildman–Crippen LogP) is 5.45. The van der Waals surface area contributed by atoms with Gasteiger partial charge < -0.3 is 0 Å². The van der Waals surface area contributed by atoms with Gasteiger partial charge in [0.1, 0.15) is 0 Å². The molecule has 1 saturated carbocycles. The second kappa shape index (κ2) is 9.83. The Morgan fingerprint density at radius 3 is 1.94 bits per heavy atom. The summed E-state index contributed by atoms with van der Waals surface area (Å²) in [5.41, 5.74) is 0.443. The Bertz CT molecular complexity index is 184. The second-order valence-corrected chi connectivity index (χ2v) is 6.18. The first-order chi connectivity index (χ1) is 8.83. The maximum Gasteiger partial charge on any atom is 0.0356 e. The molecule has 18 heavy (non-hydrogen) atoms. The van der Waals surface area contributed by atoms with Gasteiger partial charge in [-0.3, -0.25) is 0 Å². The summed E-state index contributed by atoms with van der Waals surface area (Å²) in [5, 5.41) is 5.06. The van der Waals surface area contributed by atoms with E-state index in [9.17, 15) is 0 Å². The van der Waals surface area contributed by atoms with Crippen molar-refractivity contribution in [2.24, 2.45) is 0 Å². The molecule has 1 rings (SSSR count). The Morgan fingerprint density at radius 2 is 1.39 bits per heavy atom. The van der Waals surface area contributed by atoms with Gasteiger partial charge in [-0.15, -0.1) is 0 Å². The molecule has 0 amide bonds. The zero-order valence-electron chi connectivity index (χ0n) is 12.8. The number of unbranched alkanes of at least 4 members (excludes halogenated alkanes) is 7. The first-order valence-corrected chi connectivity index (χ1v) is 8.51. The largest absolute Gasteiger partial charge is 0.235 e. The third kappa shape index (κ3) is 6.22. The highest BCUT2D eigenvalue weighted by Gasteiger charge is 2.36. The van der Waals surface area contributed by atoms with Crippen LogP contribution in [0.3, 0.4) is 0 Å². The molecule has 1 fully saturated rings. The van der Waals surface area contributed by atoms with E-state index in [0.717, 1.165) is 6.54 Å². The van der Waals surface area contributed by atoms with E-state index in [2.05, 4.69) is 13.8 Å². The average molecular weight is 252 g/mol. The van der Waals surface area contributed by atoms with E-state index in [4.69, 9.17) is 5.32 Å². The molecule has 0 N–H and O–H groups in total.